The van der Waals surface area contributed by atoms with Gasteiger partial charge in [-0.15, -0.1) is 0 Å². The average Bonchev–Trinajstić information content (AvgIpc) is 2.50. The Kier molecular flexibility index (Phi) is 3.71. The molecule has 0 amide bonds. The smallest absolute Gasteiger partial charge is 0.0622 e. The molecule has 13 heavy (non-hydrogen) atoms. The Morgan fingerprint density at radius 2 is 2.23 bits per heavy atom. The van der Waals surface area contributed by atoms with E-state index in [1.807, 2.05) is 0 Å². The van der Waals surface area contributed by atoms with E-state index in [0.29, 0.717) is 6.04 Å². The maximum Gasteiger partial charge on any atom is 0.0622 e. The van der Waals surface area contributed by atoms with Gasteiger partial charge in [0.2, 0.25) is 0 Å². The fourth-order valence-corrected chi connectivity index (χ4v) is 1.52. The van der Waals surface area contributed by atoms with E-state index in [1.54, 1.807) is 0 Å². The summed E-state index contributed by atoms with van der Waals surface area (Å²) in [5.74, 6) is 0. The van der Waals surface area contributed by atoms with Crippen LogP contribution in [0.4, 0.5) is 0 Å². The quantitative estimate of drug-likeness (QED) is 0.707. The van der Waals surface area contributed by atoms with Gasteiger partial charge >= 0.3 is 0 Å². The Labute approximate surface area is 81.2 Å². The zero-order valence-electron chi connectivity index (χ0n) is 9.05. The summed E-state index contributed by atoms with van der Waals surface area (Å²) in [4.78, 5) is 2.36. The maximum absolute atomic E-state index is 5.92. The summed E-state index contributed by atoms with van der Waals surface area (Å²) in [5, 5.41) is 0. The van der Waals surface area contributed by atoms with Gasteiger partial charge in [0.25, 0.3) is 0 Å². The first kappa shape index (κ1) is 11.0. The second kappa shape index (κ2) is 4.40. The van der Waals surface area contributed by atoms with Gasteiger partial charge in [-0.25, -0.2) is 0 Å². The highest BCUT2D eigenvalue weighted by Gasteiger charge is 2.21. The van der Waals surface area contributed by atoms with Crippen molar-refractivity contribution in [2.75, 3.05) is 26.8 Å². The van der Waals surface area contributed by atoms with Crippen LogP contribution in [0.1, 0.15) is 26.7 Å². The van der Waals surface area contributed by atoms with Crippen LogP contribution in [0.5, 0.6) is 0 Å². The van der Waals surface area contributed by atoms with Gasteiger partial charge < -0.3 is 15.4 Å². The maximum atomic E-state index is 5.92. The van der Waals surface area contributed by atoms with Crippen LogP contribution >= 0.6 is 0 Å². The van der Waals surface area contributed by atoms with Gasteiger partial charge in [0.15, 0.2) is 0 Å². The molecule has 1 fully saturated rings. The lowest BCUT2D eigenvalue weighted by atomic mass is 10.0. The number of ether oxygens (including phenoxy) is 1. The zero-order chi connectivity index (χ0) is 9.90. The molecule has 3 heteroatoms. The number of hydrogen-bond donors (Lipinski definition) is 1. The zero-order valence-corrected chi connectivity index (χ0v) is 9.05. The van der Waals surface area contributed by atoms with Crippen molar-refractivity contribution in [2.24, 2.45) is 5.73 Å². The van der Waals surface area contributed by atoms with E-state index >= 15 is 0 Å². The molecule has 1 unspecified atom stereocenters. The Bertz CT molecular complexity index is 147. The normalized spacial score (nSPS) is 24.2. The van der Waals surface area contributed by atoms with Gasteiger partial charge in [0, 0.05) is 18.2 Å². The largest absolute Gasteiger partial charge is 0.380 e. The van der Waals surface area contributed by atoms with Gasteiger partial charge in [0.1, 0.15) is 0 Å². The monoisotopic (exact) mass is 186 g/mol. The standard InChI is InChI=1S/C10H22N2O/c1-10(2,11)5-6-12(3)9-4-7-13-8-9/h9H,4-8,11H2,1-3H3. The lowest BCUT2D eigenvalue weighted by Gasteiger charge is -2.27. The van der Waals surface area contributed by atoms with Gasteiger partial charge in [0.05, 0.1) is 6.61 Å². The molecule has 1 saturated heterocycles. The van der Waals surface area contributed by atoms with E-state index < -0.39 is 0 Å². The van der Waals surface area contributed by atoms with Crippen LogP contribution in [0, 0.1) is 0 Å². The Morgan fingerprint density at radius 3 is 2.69 bits per heavy atom. The third-order valence-electron chi connectivity index (χ3n) is 2.64. The molecule has 1 atom stereocenters. The van der Waals surface area contributed by atoms with Crippen LogP contribution in [-0.4, -0.2) is 43.3 Å². The van der Waals surface area contributed by atoms with Crippen molar-refractivity contribution in [3.05, 3.63) is 0 Å². The van der Waals surface area contributed by atoms with Crippen molar-refractivity contribution in [1.29, 1.82) is 0 Å². The molecule has 1 aliphatic rings. The molecule has 0 aromatic carbocycles. The van der Waals surface area contributed by atoms with Crippen molar-refractivity contribution in [1.82, 2.24) is 4.90 Å². The minimum atomic E-state index is -0.0479. The molecule has 0 aromatic rings. The first-order valence-corrected chi connectivity index (χ1v) is 5.06. The summed E-state index contributed by atoms with van der Waals surface area (Å²) in [6, 6.07) is 0.613. The third-order valence-corrected chi connectivity index (χ3v) is 2.64. The summed E-state index contributed by atoms with van der Waals surface area (Å²) < 4.78 is 5.34. The van der Waals surface area contributed by atoms with Crippen LogP contribution in [0.3, 0.4) is 0 Å². The third kappa shape index (κ3) is 4.07. The summed E-state index contributed by atoms with van der Waals surface area (Å²) in [6.07, 6.45) is 2.21. The molecule has 0 saturated carbocycles. The van der Waals surface area contributed by atoms with Crippen molar-refractivity contribution in [2.45, 2.75) is 38.3 Å². The van der Waals surface area contributed by atoms with Crippen molar-refractivity contribution >= 4 is 0 Å². The Hall–Kier alpha value is -0.120. The van der Waals surface area contributed by atoms with E-state index in [1.165, 1.54) is 6.42 Å². The highest BCUT2D eigenvalue weighted by Crippen LogP contribution is 2.12. The Morgan fingerprint density at radius 1 is 1.54 bits per heavy atom. The predicted octanol–water partition coefficient (Wildman–Crippen LogP) is 0.834. The highest BCUT2D eigenvalue weighted by molar-refractivity contribution is 4.77. The van der Waals surface area contributed by atoms with E-state index in [2.05, 4.69) is 25.8 Å². The topological polar surface area (TPSA) is 38.5 Å². The molecule has 1 aliphatic heterocycles. The van der Waals surface area contributed by atoms with Crippen LogP contribution < -0.4 is 5.73 Å². The van der Waals surface area contributed by atoms with Crippen LogP contribution in [0.25, 0.3) is 0 Å². The van der Waals surface area contributed by atoms with Gasteiger partial charge in [-0.05, 0) is 40.3 Å². The van der Waals surface area contributed by atoms with Crippen LogP contribution in [0.15, 0.2) is 0 Å². The summed E-state index contributed by atoms with van der Waals surface area (Å²) >= 11 is 0. The molecule has 2 N–H and O–H groups in total. The number of nitrogens with zero attached hydrogens (tertiary/aromatic N) is 1. The molecule has 1 rings (SSSR count). The molecule has 0 bridgehead atoms. The first-order valence-electron chi connectivity index (χ1n) is 5.06. The van der Waals surface area contributed by atoms with E-state index in [0.717, 1.165) is 26.2 Å². The molecule has 1 heterocycles. The number of hydrogen-bond acceptors (Lipinski definition) is 3. The molecular formula is C10H22N2O. The van der Waals surface area contributed by atoms with Crippen LogP contribution in [-0.2, 0) is 4.74 Å². The van der Waals surface area contributed by atoms with Gasteiger partial charge in [-0.2, -0.15) is 0 Å². The van der Waals surface area contributed by atoms with Gasteiger partial charge in [-0.3, -0.25) is 0 Å². The molecule has 0 aliphatic carbocycles. The van der Waals surface area contributed by atoms with Gasteiger partial charge in [-0.1, -0.05) is 0 Å². The molecular weight excluding hydrogens is 164 g/mol. The number of rotatable bonds is 4. The fourth-order valence-electron chi connectivity index (χ4n) is 1.52. The second-order valence-electron chi connectivity index (χ2n) is 4.74. The summed E-state index contributed by atoms with van der Waals surface area (Å²) in [6.45, 7) is 7.03. The lowest BCUT2D eigenvalue weighted by Crippen LogP contribution is -2.40. The van der Waals surface area contributed by atoms with Crippen molar-refractivity contribution in [3.63, 3.8) is 0 Å². The summed E-state index contributed by atoms with van der Waals surface area (Å²) in [5.41, 5.74) is 5.88. The number of nitrogens with two attached hydrogens (primary N) is 1. The predicted molar refractivity (Wildman–Crippen MR) is 54.7 cm³/mol. The molecule has 0 radical (unpaired) electrons. The number of likely N-dealkylation sites (N-methyl/N-ethyl adjacent to an activating group) is 1. The minimum Gasteiger partial charge on any atom is -0.380 e. The van der Waals surface area contributed by atoms with Crippen molar-refractivity contribution < 1.29 is 4.74 Å². The van der Waals surface area contributed by atoms with E-state index in [-0.39, 0.29) is 5.54 Å². The fraction of sp³-hybridized carbons (Fsp3) is 1.00. The Balaban J connectivity index is 2.20. The van der Waals surface area contributed by atoms with E-state index in [4.69, 9.17) is 10.5 Å². The van der Waals surface area contributed by atoms with Crippen molar-refractivity contribution in [3.8, 4) is 0 Å². The summed E-state index contributed by atoms with van der Waals surface area (Å²) in [7, 11) is 2.16. The highest BCUT2D eigenvalue weighted by atomic mass is 16.5. The van der Waals surface area contributed by atoms with Crippen LogP contribution in [0.2, 0.25) is 0 Å². The molecule has 78 valence electrons. The molecule has 0 spiro atoms. The first-order chi connectivity index (χ1) is 5.99. The average molecular weight is 186 g/mol. The SMILES string of the molecule is CN(CCC(C)(C)N)C1CCOC1. The molecule has 3 nitrogen and oxygen atoms in total. The second-order valence-corrected chi connectivity index (χ2v) is 4.74. The molecule has 0 aromatic heterocycles. The minimum absolute atomic E-state index is 0.0479. The van der Waals surface area contributed by atoms with E-state index in [9.17, 15) is 0 Å². The lowest BCUT2D eigenvalue weighted by molar-refractivity contribution is 0.155.